The summed E-state index contributed by atoms with van der Waals surface area (Å²) in [5, 5.41) is 15.5. The van der Waals surface area contributed by atoms with Gasteiger partial charge in [0.25, 0.3) is 5.91 Å². The number of benzene rings is 2. The summed E-state index contributed by atoms with van der Waals surface area (Å²) in [6, 6.07) is 15.2. The maximum atomic E-state index is 12.3. The largest absolute Gasteiger partial charge is 0.356 e. The third-order valence-corrected chi connectivity index (χ3v) is 3.93. The fourth-order valence-electron chi connectivity index (χ4n) is 2.56. The molecule has 1 aliphatic rings. The Labute approximate surface area is 123 Å². The van der Waals surface area contributed by atoms with E-state index in [1.54, 1.807) is 12.1 Å². The predicted molar refractivity (Wildman–Crippen MR) is 81.9 cm³/mol. The number of anilines is 2. The second kappa shape index (κ2) is 4.64. The van der Waals surface area contributed by atoms with E-state index in [0.717, 1.165) is 11.3 Å². The minimum atomic E-state index is -1.38. The molecule has 1 amide bonds. The summed E-state index contributed by atoms with van der Waals surface area (Å²) in [7, 11) is 0. The third kappa shape index (κ3) is 1.95. The number of rotatable bonds is 2. The number of para-hydroxylation sites is 1. The molecule has 0 saturated carbocycles. The first-order valence-corrected chi connectivity index (χ1v) is 6.74. The topological polar surface area (TPSA) is 64.9 Å². The summed E-state index contributed by atoms with van der Waals surface area (Å²) in [4.78, 5) is 12.3. The van der Waals surface area contributed by atoms with Crippen LogP contribution in [0.25, 0.3) is 0 Å². The smallest absolute Gasteiger partial charge is 0.269 e. The Kier molecular flexibility index (Phi) is 2.91. The Bertz CT molecular complexity index is 776. The molecule has 0 aromatic heterocycles. The Morgan fingerprint density at radius 1 is 1.14 bits per heavy atom. The lowest BCUT2D eigenvalue weighted by atomic mass is 9.92. The van der Waals surface area contributed by atoms with Crippen LogP contribution >= 0.6 is 0 Å². The highest BCUT2D eigenvalue weighted by atomic mass is 16.2. The van der Waals surface area contributed by atoms with Crippen LogP contribution in [0.2, 0.25) is 0 Å². The van der Waals surface area contributed by atoms with Gasteiger partial charge in [0.05, 0.1) is 0 Å². The van der Waals surface area contributed by atoms with Gasteiger partial charge in [-0.3, -0.25) is 4.79 Å². The van der Waals surface area contributed by atoms with E-state index in [1.165, 1.54) is 5.56 Å². The number of carbonyl (C=O) groups excluding carboxylic acids is 1. The van der Waals surface area contributed by atoms with E-state index < -0.39 is 5.54 Å². The van der Waals surface area contributed by atoms with Crippen LogP contribution in [0.15, 0.2) is 42.5 Å². The highest BCUT2D eigenvalue weighted by Gasteiger charge is 2.47. The number of amides is 1. The first-order chi connectivity index (χ1) is 10.1. The van der Waals surface area contributed by atoms with Crippen molar-refractivity contribution >= 4 is 17.3 Å². The molecule has 0 aliphatic carbocycles. The van der Waals surface area contributed by atoms with Crippen molar-refractivity contribution in [3.05, 3.63) is 59.2 Å². The summed E-state index contributed by atoms with van der Waals surface area (Å²) < 4.78 is 0. The Morgan fingerprint density at radius 3 is 2.62 bits per heavy atom. The van der Waals surface area contributed by atoms with Crippen LogP contribution in [-0.2, 0) is 10.3 Å². The number of nitrogens with one attached hydrogen (secondary N) is 2. The molecular formula is C17H15N3O. The van der Waals surface area contributed by atoms with Gasteiger partial charge < -0.3 is 10.6 Å². The fourth-order valence-corrected chi connectivity index (χ4v) is 2.56. The van der Waals surface area contributed by atoms with Crippen LogP contribution in [0, 0.1) is 25.2 Å². The van der Waals surface area contributed by atoms with Gasteiger partial charge in [-0.05, 0) is 43.2 Å². The molecule has 2 N–H and O–H groups in total. The molecule has 0 saturated heterocycles. The molecule has 21 heavy (non-hydrogen) atoms. The lowest BCUT2D eigenvalue weighted by Gasteiger charge is -2.22. The maximum Gasteiger partial charge on any atom is 0.269 e. The van der Waals surface area contributed by atoms with E-state index in [4.69, 9.17) is 0 Å². The molecule has 0 unspecified atom stereocenters. The quantitative estimate of drug-likeness (QED) is 0.886. The van der Waals surface area contributed by atoms with Gasteiger partial charge >= 0.3 is 0 Å². The van der Waals surface area contributed by atoms with E-state index in [1.807, 2.05) is 44.2 Å². The average Bonchev–Trinajstić information content (AvgIpc) is 2.76. The van der Waals surface area contributed by atoms with Gasteiger partial charge in [0.1, 0.15) is 6.07 Å². The molecule has 2 aromatic carbocycles. The highest BCUT2D eigenvalue weighted by molar-refractivity contribution is 6.09. The zero-order valence-corrected chi connectivity index (χ0v) is 11.9. The summed E-state index contributed by atoms with van der Waals surface area (Å²) in [6.45, 7) is 4.03. The van der Waals surface area contributed by atoms with Gasteiger partial charge in [-0.1, -0.05) is 24.3 Å². The summed E-state index contributed by atoms with van der Waals surface area (Å²) in [6.07, 6.45) is 0. The number of fused-ring (bicyclic) bond motifs is 1. The van der Waals surface area contributed by atoms with Crippen molar-refractivity contribution in [2.75, 3.05) is 10.6 Å². The zero-order chi connectivity index (χ0) is 15.0. The van der Waals surface area contributed by atoms with Crippen LogP contribution < -0.4 is 10.6 Å². The number of aryl methyl sites for hydroxylation is 2. The van der Waals surface area contributed by atoms with Gasteiger partial charge in [-0.25, -0.2) is 0 Å². The molecule has 4 nitrogen and oxygen atoms in total. The molecule has 4 heteroatoms. The van der Waals surface area contributed by atoms with Crippen LogP contribution in [0.3, 0.4) is 0 Å². The van der Waals surface area contributed by atoms with E-state index in [0.29, 0.717) is 11.3 Å². The number of hydrogen-bond acceptors (Lipinski definition) is 3. The number of nitrogens with zero attached hydrogens (tertiary/aromatic N) is 1. The van der Waals surface area contributed by atoms with Crippen molar-refractivity contribution in [2.45, 2.75) is 19.4 Å². The minimum absolute atomic E-state index is 0.343. The lowest BCUT2D eigenvalue weighted by molar-refractivity contribution is -0.118. The van der Waals surface area contributed by atoms with Gasteiger partial charge in [-0.2, -0.15) is 5.26 Å². The first kappa shape index (κ1) is 13.2. The van der Waals surface area contributed by atoms with E-state index in [2.05, 4.69) is 16.7 Å². The standard InChI is InChI=1S/C17H15N3O/c1-11-7-8-13(9-12(11)2)20-17(10-18)14-5-3-4-6-15(14)19-16(17)21/h3-9,20H,1-2H3,(H,19,21)/t17-/m0/s1. The predicted octanol–water partition coefficient (Wildman–Crippen LogP) is 3.09. The van der Waals surface area contributed by atoms with Crippen molar-refractivity contribution in [1.29, 1.82) is 5.26 Å². The van der Waals surface area contributed by atoms with Gasteiger partial charge in [-0.15, -0.1) is 0 Å². The first-order valence-electron chi connectivity index (χ1n) is 6.74. The molecular weight excluding hydrogens is 262 g/mol. The number of nitriles is 1. The van der Waals surface area contributed by atoms with Crippen LogP contribution in [-0.4, -0.2) is 5.91 Å². The normalized spacial score (nSPS) is 19.6. The number of carbonyl (C=O) groups is 1. The second-order valence-corrected chi connectivity index (χ2v) is 5.29. The second-order valence-electron chi connectivity index (χ2n) is 5.29. The molecule has 0 radical (unpaired) electrons. The van der Waals surface area contributed by atoms with Crippen molar-refractivity contribution in [3.63, 3.8) is 0 Å². The van der Waals surface area contributed by atoms with Crippen molar-refractivity contribution in [1.82, 2.24) is 0 Å². The number of hydrogen-bond donors (Lipinski definition) is 2. The van der Waals surface area contributed by atoms with E-state index in [-0.39, 0.29) is 5.91 Å². The Morgan fingerprint density at radius 2 is 1.90 bits per heavy atom. The monoisotopic (exact) mass is 277 g/mol. The SMILES string of the molecule is Cc1ccc(N[C@]2(C#N)C(=O)Nc3ccccc32)cc1C. The summed E-state index contributed by atoms with van der Waals surface area (Å²) in [5.41, 5.74) is 3.00. The maximum absolute atomic E-state index is 12.3. The van der Waals surface area contributed by atoms with Crippen molar-refractivity contribution in [2.24, 2.45) is 0 Å². The van der Waals surface area contributed by atoms with Gasteiger partial charge in [0.2, 0.25) is 5.54 Å². The lowest BCUT2D eigenvalue weighted by Crippen LogP contribution is -2.40. The van der Waals surface area contributed by atoms with Crippen molar-refractivity contribution in [3.8, 4) is 6.07 Å². The molecule has 1 aliphatic heterocycles. The van der Waals surface area contributed by atoms with E-state index in [9.17, 15) is 10.1 Å². The highest BCUT2D eigenvalue weighted by Crippen LogP contribution is 2.38. The molecule has 2 aromatic rings. The summed E-state index contributed by atoms with van der Waals surface area (Å²) >= 11 is 0. The Hall–Kier alpha value is -2.80. The van der Waals surface area contributed by atoms with Gasteiger partial charge in [0.15, 0.2) is 0 Å². The molecule has 1 atom stereocenters. The molecule has 3 rings (SSSR count). The third-order valence-electron chi connectivity index (χ3n) is 3.93. The summed E-state index contributed by atoms with van der Waals surface area (Å²) in [5.74, 6) is -0.343. The fraction of sp³-hybridized carbons (Fsp3) is 0.176. The van der Waals surface area contributed by atoms with Crippen LogP contribution in [0.5, 0.6) is 0 Å². The molecule has 0 spiro atoms. The van der Waals surface area contributed by atoms with Crippen molar-refractivity contribution < 1.29 is 4.79 Å². The molecule has 104 valence electrons. The molecule has 0 bridgehead atoms. The average molecular weight is 277 g/mol. The minimum Gasteiger partial charge on any atom is -0.356 e. The van der Waals surface area contributed by atoms with Crippen LogP contribution in [0.4, 0.5) is 11.4 Å². The van der Waals surface area contributed by atoms with Crippen LogP contribution in [0.1, 0.15) is 16.7 Å². The van der Waals surface area contributed by atoms with Gasteiger partial charge in [0, 0.05) is 16.9 Å². The molecule has 1 heterocycles. The molecule has 0 fully saturated rings. The van der Waals surface area contributed by atoms with E-state index >= 15 is 0 Å². The zero-order valence-electron chi connectivity index (χ0n) is 11.9. The Balaban J connectivity index is 2.08.